The highest BCUT2D eigenvalue weighted by atomic mass is 32.2. The summed E-state index contributed by atoms with van der Waals surface area (Å²) in [6.45, 7) is 2.24. The van der Waals surface area contributed by atoms with Crippen molar-refractivity contribution in [2.24, 2.45) is 0 Å². The van der Waals surface area contributed by atoms with Crippen LogP contribution in [0.1, 0.15) is 12.8 Å². The van der Waals surface area contributed by atoms with Crippen LogP contribution in [-0.2, 0) is 0 Å². The molecule has 16 heavy (non-hydrogen) atoms. The molecule has 1 fully saturated rings. The molecular weight excluding hydrogens is 220 g/mol. The Balaban J connectivity index is 1.83. The fraction of sp³-hybridized carbons (Fsp3) is 0.455. The van der Waals surface area contributed by atoms with Gasteiger partial charge in [-0.25, -0.2) is 0 Å². The zero-order chi connectivity index (χ0) is 10.8. The minimum Gasteiger partial charge on any atom is -0.317 e. The second-order valence-electron chi connectivity index (χ2n) is 3.98. The van der Waals surface area contributed by atoms with Crippen molar-refractivity contribution in [1.29, 1.82) is 0 Å². The van der Waals surface area contributed by atoms with Crippen molar-refractivity contribution in [3.8, 4) is 0 Å². The number of pyridine rings is 1. The molecule has 0 saturated carbocycles. The van der Waals surface area contributed by atoms with E-state index in [0.29, 0.717) is 5.25 Å². The van der Waals surface area contributed by atoms with Gasteiger partial charge in [0.15, 0.2) is 10.8 Å². The summed E-state index contributed by atoms with van der Waals surface area (Å²) in [5.74, 6) is 0. The molecule has 1 aliphatic rings. The Hall–Kier alpha value is -1.07. The van der Waals surface area contributed by atoms with E-state index in [2.05, 4.69) is 19.9 Å². The molecule has 0 bridgehead atoms. The molecule has 4 nitrogen and oxygen atoms in total. The summed E-state index contributed by atoms with van der Waals surface area (Å²) in [6, 6.07) is 5.99. The lowest BCUT2D eigenvalue weighted by Gasteiger charge is -2.20. The molecule has 0 unspecified atom stereocenters. The molecular formula is C11H14N4S. The zero-order valence-corrected chi connectivity index (χ0v) is 9.78. The minimum absolute atomic E-state index is 0.675. The molecule has 3 heterocycles. The van der Waals surface area contributed by atoms with Gasteiger partial charge < -0.3 is 5.32 Å². The second kappa shape index (κ2) is 4.43. The van der Waals surface area contributed by atoms with Gasteiger partial charge in [0.25, 0.3) is 0 Å². The smallest absolute Gasteiger partial charge is 0.195 e. The van der Waals surface area contributed by atoms with Gasteiger partial charge in [0, 0.05) is 11.4 Å². The van der Waals surface area contributed by atoms with E-state index in [1.54, 1.807) is 0 Å². The molecule has 1 N–H and O–H groups in total. The zero-order valence-electron chi connectivity index (χ0n) is 8.97. The summed E-state index contributed by atoms with van der Waals surface area (Å²) in [5.41, 5.74) is 0.930. The fourth-order valence-electron chi connectivity index (χ4n) is 1.96. The molecule has 0 radical (unpaired) electrons. The first-order chi connectivity index (χ1) is 7.93. The number of hydrogen-bond donors (Lipinski definition) is 1. The number of thioether (sulfide) groups is 1. The largest absolute Gasteiger partial charge is 0.317 e. The first-order valence-electron chi connectivity index (χ1n) is 5.60. The van der Waals surface area contributed by atoms with Crippen LogP contribution in [0, 0.1) is 0 Å². The lowest BCUT2D eigenvalue weighted by Crippen LogP contribution is -2.29. The summed E-state index contributed by atoms with van der Waals surface area (Å²) >= 11 is 1.85. The van der Waals surface area contributed by atoms with Gasteiger partial charge >= 0.3 is 0 Å². The lowest BCUT2D eigenvalue weighted by atomic mass is 10.2. The van der Waals surface area contributed by atoms with E-state index in [1.807, 2.05) is 36.2 Å². The van der Waals surface area contributed by atoms with E-state index in [0.717, 1.165) is 23.9 Å². The summed E-state index contributed by atoms with van der Waals surface area (Å²) in [6.07, 6.45) is 4.46. The molecule has 0 spiro atoms. The summed E-state index contributed by atoms with van der Waals surface area (Å²) in [4.78, 5) is 0. The van der Waals surface area contributed by atoms with E-state index in [9.17, 15) is 0 Å². The third-order valence-corrected chi connectivity index (χ3v) is 4.13. The van der Waals surface area contributed by atoms with Gasteiger partial charge in [-0.3, -0.25) is 4.40 Å². The maximum Gasteiger partial charge on any atom is 0.195 e. The van der Waals surface area contributed by atoms with Crippen LogP contribution < -0.4 is 5.32 Å². The van der Waals surface area contributed by atoms with Gasteiger partial charge in [0.2, 0.25) is 0 Å². The van der Waals surface area contributed by atoms with Crippen molar-refractivity contribution in [2.75, 3.05) is 13.1 Å². The predicted molar refractivity (Wildman–Crippen MR) is 64.7 cm³/mol. The topological polar surface area (TPSA) is 42.2 Å². The van der Waals surface area contributed by atoms with Crippen LogP contribution in [0.5, 0.6) is 0 Å². The number of nitrogens with one attached hydrogen (secondary N) is 1. The van der Waals surface area contributed by atoms with Crippen LogP contribution in [0.25, 0.3) is 5.65 Å². The third kappa shape index (κ3) is 1.92. The molecule has 5 heteroatoms. The number of nitrogens with zero attached hydrogens (tertiary/aromatic N) is 3. The molecule has 3 rings (SSSR count). The predicted octanol–water partition coefficient (Wildman–Crippen LogP) is 1.57. The third-order valence-electron chi connectivity index (χ3n) is 2.84. The van der Waals surface area contributed by atoms with Gasteiger partial charge in [-0.05, 0) is 38.1 Å². The average molecular weight is 234 g/mol. The van der Waals surface area contributed by atoms with Crippen LogP contribution in [0.2, 0.25) is 0 Å². The molecule has 84 valence electrons. The monoisotopic (exact) mass is 234 g/mol. The highest BCUT2D eigenvalue weighted by molar-refractivity contribution is 7.99. The molecule has 1 aliphatic heterocycles. The first kappa shape index (κ1) is 10.1. The van der Waals surface area contributed by atoms with Crippen molar-refractivity contribution in [3.05, 3.63) is 24.4 Å². The Kier molecular flexibility index (Phi) is 2.80. The molecule has 0 amide bonds. The van der Waals surface area contributed by atoms with Gasteiger partial charge in [0.1, 0.15) is 0 Å². The van der Waals surface area contributed by atoms with Crippen LogP contribution in [0.4, 0.5) is 0 Å². The normalized spacial score (nSPS) is 18.0. The summed E-state index contributed by atoms with van der Waals surface area (Å²) < 4.78 is 2.06. The Morgan fingerprint density at radius 2 is 2.12 bits per heavy atom. The van der Waals surface area contributed by atoms with Crippen molar-refractivity contribution in [3.63, 3.8) is 0 Å². The molecule has 0 atom stereocenters. The number of aromatic nitrogens is 3. The first-order valence-corrected chi connectivity index (χ1v) is 6.48. The SMILES string of the molecule is c1ccn2c(SC3CCNCC3)nnc2c1. The van der Waals surface area contributed by atoms with E-state index >= 15 is 0 Å². The van der Waals surface area contributed by atoms with E-state index in [-0.39, 0.29) is 0 Å². The van der Waals surface area contributed by atoms with E-state index < -0.39 is 0 Å². The standard InChI is InChI=1S/C11H14N4S/c1-2-8-15-10(3-1)13-14-11(15)16-9-4-6-12-7-5-9/h1-3,8-9,12H,4-7H2. The highest BCUT2D eigenvalue weighted by Gasteiger charge is 2.17. The highest BCUT2D eigenvalue weighted by Crippen LogP contribution is 2.27. The molecule has 0 aromatic carbocycles. The summed E-state index contributed by atoms with van der Waals surface area (Å²) in [7, 11) is 0. The van der Waals surface area contributed by atoms with Gasteiger partial charge in [-0.15, -0.1) is 10.2 Å². The van der Waals surface area contributed by atoms with Gasteiger partial charge in [0.05, 0.1) is 0 Å². The molecule has 2 aromatic heterocycles. The van der Waals surface area contributed by atoms with Crippen LogP contribution >= 0.6 is 11.8 Å². The van der Waals surface area contributed by atoms with Crippen LogP contribution in [-0.4, -0.2) is 32.9 Å². The Labute approximate surface area is 98.4 Å². The maximum absolute atomic E-state index is 4.24. The number of fused-ring (bicyclic) bond motifs is 1. The Morgan fingerprint density at radius 1 is 1.25 bits per heavy atom. The van der Waals surface area contributed by atoms with E-state index in [1.165, 1.54) is 12.8 Å². The number of piperidine rings is 1. The fourth-order valence-corrected chi connectivity index (χ4v) is 3.09. The Bertz CT molecular complexity index is 476. The van der Waals surface area contributed by atoms with Crippen LogP contribution in [0.3, 0.4) is 0 Å². The van der Waals surface area contributed by atoms with Crippen molar-refractivity contribution >= 4 is 17.4 Å². The second-order valence-corrected chi connectivity index (χ2v) is 5.25. The molecule has 1 saturated heterocycles. The lowest BCUT2D eigenvalue weighted by molar-refractivity contribution is 0.530. The van der Waals surface area contributed by atoms with Gasteiger partial charge in [-0.2, -0.15) is 0 Å². The van der Waals surface area contributed by atoms with Crippen molar-refractivity contribution in [1.82, 2.24) is 19.9 Å². The summed E-state index contributed by atoms with van der Waals surface area (Å²) in [5, 5.41) is 13.5. The van der Waals surface area contributed by atoms with Gasteiger partial charge in [-0.1, -0.05) is 17.8 Å². The van der Waals surface area contributed by atoms with Crippen molar-refractivity contribution in [2.45, 2.75) is 23.2 Å². The average Bonchev–Trinajstić information content (AvgIpc) is 2.74. The number of hydrogen-bond acceptors (Lipinski definition) is 4. The maximum atomic E-state index is 4.24. The van der Waals surface area contributed by atoms with Crippen LogP contribution in [0.15, 0.2) is 29.6 Å². The molecule has 2 aromatic rings. The molecule has 0 aliphatic carbocycles. The van der Waals surface area contributed by atoms with E-state index in [4.69, 9.17) is 0 Å². The quantitative estimate of drug-likeness (QED) is 0.856. The minimum atomic E-state index is 0.675. The Morgan fingerprint density at radius 3 is 3.00 bits per heavy atom. The van der Waals surface area contributed by atoms with Crippen molar-refractivity contribution < 1.29 is 0 Å². The number of rotatable bonds is 2.